The zero-order valence-corrected chi connectivity index (χ0v) is 14.1. The van der Waals surface area contributed by atoms with E-state index >= 15 is 0 Å². The van der Waals surface area contributed by atoms with Gasteiger partial charge in [-0.25, -0.2) is 4.39 Å². The molecule has 1 aliphatic heterocycles. The first-order chi connectivity index (χ1) is 11.8. The van der Waals surface area contributed by atoms with E-state index in [1.165, 1.54) is 18.2 Å². The highest BCUT2D eigenvalue weighted by Gasteiger charge is 2.43. The monoisotopic (exact) mass is 354 g/mol. The van der Waals surface area contributed by atoms with Crippen LogP contribution in [-0.4, -0.2) is 59.0 Å². The van der Waals surface area contributed by atoms with E-state index < -0.39 is 36.1 Å². The molecule has 138 valence electrons. The number of aliphatic hydroxyl groups is 2. The normalized spacial score (nSPS) is 25.8. The maximum absolute atomic E-state index is 13.1. The van der Waals surface area contributed by atoms with E-state index in [1.807, 2.05) is 13.8 Å². The van der Waals surface area contributed by atoms with Crippen molar-refractivity contribution in [3.8, 4) is 0 Å². The average molecular weight is 354 g/mol. The zero-order valence-electron chi connectivity index (χ0n) is 14.1. The Kier molecular flexibility index (Phi) is 6.46. The smallest absolute Gasteiger partial charge is 0.251 e. The van der Waals surface area contributed by atoms with E-state index in [4.69, 9.17) is 4.74 Å². The maximum Gasteiger partial charge on any atom is 0.251 e. The number of benzene rings is 1. The first kappa shape index (κ1) is 19.3. The van der Waals surface area contributed by atoms with Gasteiger partial charge in [-0.1, -0.05) is 6.07 Å². The molecule has 0 aliphatic carbocycles. The number of ether oxygens (including phenoxy) is 1. The first-order valence-electron chi connectivity index (χ1n) is 8.12. The Balaban J connectivity index is 1.88. The summed E-state index contributed by atoms with van der Waals surface area (Å²) in [5.74, 6) is -1.35. The SMILES string of the molecule is CC(C)NC(=O)C[C@H]1O[C@H](CNC(=O)c2cccc(F)c2)[C@@H](O)[C@H]1O. The predicted molar refractivity (Wildman–Crippen MR) is 87.3 cm³/mol. The number of hydrogen-bond acceptors (Lipinski definition) is 5. The number of hydrogen-bond donors (Lipinski definition) is 4. The Labute approximate surface area is 145 Å². The molecule has 1 aliphatic rings. The molecule has 0 aromatic heterocycles. The minimum atomic E-state index is -1.23. The van der Waals surface area contributed by atoms with Gasteiger partial charge in [-0.15, -0.1) is 0 Å². The van der Waals surface area contributed by atoms with Gasteiger partial charge in [0.25, 0.3) is 5.91 Å². The molecule has 2 amide bonds. The van der Waals surface area contributed by atoms with Gasteiger partial charge in [0, 0.05) is 18.2 Å². The number of aliphatic hydroxyl groups excluding tert-OH is 2. The molecule has 2 rings (SSSR count). The molecule has 1 fully saturated rings. The van der Waals surface area contributed by atoms with E-state index in [0.717, 1.165) is 6.07 Å². The fraction of sp³-hybridized carbons (Fsp3) is 0.529. The molecule has 0 spiro atoms. The molecule has 25 heavy (non-hydrogen) atoms. The second-order valence-corrected chi connectivity index (χ2v) is 6.34. The van der Waals surface area contributed by atoms with Gasteiger partial charge in [0.05, 0.1) is 12.5 Å². The van der Waals surface area contributed by atoms with Crippen LogP contribution in [0.2, 0.25) is 0 Å². The van der Waals surface area contributed by atoms with E-state index in [1.54, 1.807) is 0 Å². The summed E-state index contributed by atoms with van der Waals surface area (Å²) < 4.78 is 18.6. The molecule has 0 unspecified atom stereocenters. The van der Waals surface area contributed by atoms with Crippen molar-refractivity contribution in [2.75, 3.05) is 6.54 Å². The molecule has 4 atom stereocenters. The van der Waals surface area contributed by atoms with Crippen molar-refractivity contribution < 1.29 is 28.9 Å². The van der Waals surface area contributed by atoms with Gasteiger partial charge >= 0.3 is 0 Å². The number of halogens is 1. The summed E-state index contributed by atoms with van der Waals surface area (Å²) in [7, 11) is 0. The third-order valence-electron chi connectivity index (χ3n) is 3.85. The largest absolute Gasteiger partial charge is 0.388 e. The summed E-state index contributed by atoms with van der Waals surface area (Å²) in [6.45, 7) is 3.54. The van der Waals surface area contributed by atoms with Crippen molar-refractivity contribution in [3.05, 3.63) is 35.6 Å². The minimum Gasteiger partial charge on any atom is -0.388 e. The molecular weight excluding hydrogens is 331 g/mol. The lowest BCUT2D eigenvalue weighted by molar-refractivity contribution is -0.125. The van der Waals surface area contributed by atoms with Gasteiger partial charge in [-0.2, -0.15) is 0 Å². The van der Waals surface area contributed by atoms with Crippen LogP contribution >= 0.6 is 0 Å². The highest BCUT2D eigenvalue weighted by molar-refractivity contribution is 5.94. The molecule has 1 saturated heterocycles. The van der Waals surface area contributed by atoms with Crippen molar-refractivity contribution in [1.29, 1.82) is 0 Å². The fourth-order valence-electron chi connectivity index (χ4n) is 2.65. The molecule has 0 saturated carbocycles. The Morgan fingerprint density at radius 1 is 1.24 bits per heavy atom. The summed E-state index contributed by atoms with van der Waals surface area (Å²) in [6, 6.07) is 5.15. The van der Waals surface area contributed by atoms with E-state index in [2.05, 4.69) is 10.6 Å². The lowest BCUT2D eigenvalue weighted by Gasteiger charge is -2.16. The Morgan fingerprint density at radius 3 is 2.56 bits per heavy atom. The third-order valence-corrected chi connectivity index (χ3v) is 3.85. The Bertz CT molecular complexity index is 625. The van der Waals surface area contributed by atoms with Crippen LogP contribution in [0.5, 0.6) is 0 Å². The zero-order chi connectivity index (χ0) is 18.6. The fourth-order valence-corrected chi connectivity index (χ4v) is 2.65. The van der Waals surface area contributed by atoms with E-state index in [9.17, 15) is 24.2 Å². The van der Waals surface area contributed by atoms with Gasteiger partial charge in [0.15, 0.2) is 0 Å². The van der Waals surface area contributed by atoms with Crippen LogP contribution in [0, 0.1) is 5.82 Å². The van der Waals surface area contributed by atoms with Crippen molar-refractivity contribution in [2.45, 2.75) is 50.7 Å². The van der Waals surface area contributed by atoms with Crippen molar-refractivity contribution in [3.63, 3.8) is 0 Å². The van der Waals surface area contributed by atoms with Gasteiger partial charge < -0.3 is 25.6 Å². The summed E-state index contributed by atoms with van der Waals surface area (Å²) >= 11 is 0. The van der Waals surface area contributed by atoms with Crippen molar-refractivity contribution >= 4 is 11.8 Å². The number of nitrogens with one attached hydrogen (secondary N) is 2. The molecule has 1 aromatic rings. The number of amides is 2. The summed E-state index contributed by atoms with van der Waals surface area (Å²) in [5, 5.41) is 25.2. The third kappa shape index (κ3) is 5.22. The van der Waals surface area contributed by atoms with Crippen molar-refractivity contribution in [1.82, 2.24) is 10.6 Å². The quantitative estimate of drug-likeness (QED) is 0.573. The van der Waals surface area contributed by atoms with Crippen LogP contribution in [0.15, 0.2) is 24.3 Å². The molecule has 7 nitrogen and oxygen atoms in total. The van der Waals surface area contributed by atoms with E-state index in [0.29, 0.717) is 0 Å². The Morgan fingerprint density at radius 2 is 1.92 bits per heavy atom. The first-order valence-corrected chi connectivity index (χ1v) is 8.12. The van der Waals surface area contributed by atoms with Crippen LogP contribution < -0.4 is 10.6 Å². The van der Waals surface area contributed by atoms with Crippen LogP contribution in [0.3, 0.4) is 0 Å². The maximum atomic E-state index is 13.1. The molecule has 0 radical (unpaired) electrons. The molecule has 1 aromatic carbocycles. The van der Waals surface area contributed by atoms with Crippen molar-refractivity contribution in [2.24, 2.45) is 0 Å². The summed E-state index contributed by atoms with van der Waals surface area (Å²) in [4.78, 5) is 23.7. The predicted octanol–water partition coefficient (Wildman–Crippen LogP) is -0.0406. The number of carbonyl (C=O) groups is 2. The molecule has 4 N–H and O–H groups in total. The number of rotatable bonds is 6. The van der Waals surface area contributed by atoms with Gasteiger partial charge in [-0.05, 0) is 32.0 Å². The van der Waals surface area contributed by atoms with Crippen LogP contribution in [0.4, 0.5) is 4.39 Å². The second kappa shape index (κ2) is 8.37. The molecule has 1 heterocycles. The lowest BCUT2D eigenvalue weighted by atomic mass is 10.1. The minimum absolute atomic E-state index is 0.0441. The second-order valence-electron chi connectivity index (χ2n) is 6.34. The topological polar surface area (TPSA) is 108 Å². The Hall–Kier alpha value is -2.03. The molecule has 8 heteroatoms. The van der Waals surface area contributed by atoms with E-state index in [-0.39, 0.29) is 30.5 Å². The van der Waals surface area contributed by atoms with Crippen LogP contribution in [0.25, 0.3) is 0 Å². The van der Waals surface area contributed by atoms with Gasteiger partial charge in [-0.3, -0.25) is 9.59 Å². The highest BCUT2D eigenvalue weighted by atomic mass is 19.1. The van der Waals surface area contributed by atoms with Gasteiger partial charge in [0.2, 0.25) is 5.91 Å². The van der Waals surface area contributed by atoms with Crippen LogP contribution in [-0.2, 0) is 9.53 Å². The van der Waals surface area contributed by atoms with Crippen LogP contribution in [0.1, 0.15) is 30.6 Å². The average Bonchev–Trinajstić information content (AvgIpc) is 2.79. The highest BCUT2D eigenvalue weighted by Crippen LogP contribution is 2.23. The standard InChI is InChI=1S/C17H23FN2O5/c1-9(2)20-14(21)7-12-15(22)16(23)13(25-12)8-19-17(24)10-4-3-5-11(18)6-10/h3-6,9,12-13,15-16,22-23H,7-8H2,1-2H3,(H,19,24)(H,20,21)/t12-,13-,15+,16-/m1/s1. The molecular formula is C17H23FN2O5. The lowest BCUT2D eigenvalue weighted by Crippen LogP contribution is -2.40. The van der Waals surface area contributed by atoms with Gasteiger partial charge in [0.1, 0.15) is 24.1 Å². The molecule has 0 bridgehead atoms. The number of carbonyl (C=O) groups excluding carboxylic acids is 2. The summed E-state index contributed by atoms with van der Waals surface area (Å²) in [5.41, 5.74) is 0.140. The summed E-state index contributed by atoms with van der Waals surface area (Å²) in [6.07, 6.45) is -4.27.